The van der Waals surface area contributed by atoms with Crippen LogP contribution < -0.4 is 5.32 Å². The van der Waals surface area contributed by atoms with Crippen LogP contribution >= 0.6 is 0 Å². The highest BCUT2D eigenvalue weighted by Gasteiger charge is 2.24. The fourth-order valence-corrected chi connectivity index (χ4v) is 3.12. The van der Waals surface area contributed by atoms with Crippen LogP contribution in [0.15, 0.2) is 0 Å². The second-order valence-corrected chi connectivity index (χ2v) is 6.20. The Morgan fingerprint density at radius 1 is 1.25 bits per heavy atom. The van der Waals surface area contributed by atoms with E-state index in [4.69, 9.17) is 9.47 Å². The quantitative estimate of drug-likeness (QED) is 0.679. The van der Waals surface area contributed by atoms with Crippen LogP contribution in [-0.4, -0.2) is 89.1 Å². The number of nitrogens with one attached hydrogen (secondary N) is 1. The molecule has 1 unspecified atom stereocenters. The van der Waals surface area contributed by atoms with Gasteiger partial charge in [-0.1, -0.05) is 0 Å². The van der Waals surface area contributed by atoms with Crippen LogP contribution in [0.25, 0.3) is 0 Å². The van der Waals surface area contributed by atoms with Crippen LogP contribution in [0.4, 0.5) is 0 Å². The third-order valence-electron chi connectivity index (χ3n) is 4.43. The molecule has 5 heteroatoms. The molecule has 0 aromatic rings. The molecule has 118 valence electrons. The van der Waals surface area contributed by atoms with E-state index in [-0.39, 0.29) is 0 Å². The summed E-state index contributed by atoms with van der Waals surface area (Å²) in [6.07, 6.45) is 3.02. The predicted molar refractivity (Wildman–Crippen MR) is 81.1 cm³/mol. The van der Waals surface area contributed by atoms with Crippen molar-refractivity contribution in [2.75, 3.05) is 73.2 Å². The first-order chi connectivity index (χ1) is 9.78. The minimum atomic E-state index is 0.408. The summed E-state index contributed by atoms with van der Waals surface area (Å²) in [7, 11) is 3.94. The molecule has 0 spiro atoms. The second kappa shape index (κ2) is 8.95. The zero-order valence-corrected chi connectivity index (χ0v) is 13.1. The molecule has 2 heterocycles. The van der Waals surface area contributed by atoms with E-state index in [0.29, 0.717) is 6.10 Å². The van der Waals surface area contributed by atoms with Crippen molar-refractivity contribution < 1.29 is 9.47 Å². The van der Waals surface area contributed by atoms with Crippen LogP contribution in [0.2, 0.25) is 0 Å². The van der Waals surface area contributed by atoms with Crippen LogP contribution in [0.3, 0.4) is 0 Å². The Hall–Kier alpha value is -0.200. The lowest BCUT2D eigenvalue weighted by atomic mass is 9.96. The van der Waals surface area contributed by atoms with Gasteiger partial charge in [-0.3, -0.25) is 0 Å². The number of hydrogen-bond acceptors (Lipinski definition) is 5. The van der Waals surface area contributed by atoms with E-state index in [1.165, 1.54) is 25.9 Å². The van der Waals surface area contributed by atoms with Gasteiger partial charge in [0.05, 0.1) is 19.3 Å². The van der Waals surface area contributed by atoms with E-state index < -0.39 is 0 Å². The van der Waals surface area contributed by atoms with Gasteiger partial charge in [-0.25, -0.2) is 0 Å². The third-order valence-corrected chi connectivity index (χ3v) is 4.43. The van der Waals surface area contributed by atoms with Gasteiger partial charge in [0.25, 0.3) is 0 Å². The highest BCUT2D eigenvalue weighted by molar-refractivity contribution is 4.78. The smallest absolute Gasteiger partial charge is 0.0829 e. The molecule has 2 rings (SSSR count). The van der Waals surface area contributed by atoms with Gasteiger partial charge >= 0.3 is 0 Å². The summed E-state index contributed by atoms with van der Waals surface area (Å²) in [5.74, 6) is 0.832. The fourth-order valence-electron chi connectivity index (χ4n) is 3.12. The number of rotatable bonds is 7. The summed E-state index contributed by atoms with van der Waals surface area (Å²) in [5.41, 5.74) is 0. The number of morpholine rings is 1. The summed E-state index contributed by atoms with van der Waals surface area (Å²) in [6.45, 7) is 9.52. The highest BCUT2D eigenvalue weighted by atomic mass is 16.5. The molecule has 20 heavy (non-hydrogen) atoms. The Balaban J connectivity index is 1.57. The minimum Gasteiger partial charge on any atom is -0.383 e. The summed E-state index contributed by atoms with van der Waals surface area (Å²) in [5, 5.41) is 3.48. The molecule has 0 amide bonds. The average molecular weight is 285 g/mol. The van der Waals surface area contributed by atoms with Gasteiger partial charge in [0.1, 0.15) is 0 Å². The summed E-state index contributed by atoms with van der Waals surface area (Å²) in [4.78, 5) is 4.95. The van der Waals surface area contributed by atoms with Crippen LogP contribution in [-0.2, 0) is 9.47 Å². The van der Waals surface area contributed by atoms with Gasteiger partial charge in [0, 0.05) is 33.3 Å². The van der Waals surface area contributed by atoms with Gasteiger partial charge in [-0.2, -0.15) is 0 Å². The first kappa shape index (κ1) is 16.2. The van der Waals surface area contributed by atoms with Gasteiger partial charge in [0.2, 0.25) is 0 Å². The van der Waals surface area contributed by atoms with E-state index >= 15 is 0 Å². The van der Waals surface area contributed by atoms with Crippen LogP contribution in [0.5, 0.6) is 0 Å². The molecule has 2 saturated heterocycles. The van der Waals surface area contributed by atoms with E-state index in [1.807, 2.05) is 0 Å². The molecule has 0 bridgehead atoms. The largest absolute Gasteiger partial charge is 0.383 e. The molecular weight excluding hydrogens is 254 g/mol. The molecule has 0 saturated carbocycles. The van der Waals surface area contributed by atoms with Crippen molar-refractivity contribution in [1.29, 1.82) is 0 Å². The lowest BCUT2D eigenvalue weighted by Crippen LogP contribution is -2.48. The number of piperidine rings is 1. The second-order valence-electron chi connectivity index (χ2n) is 6.20. The molecule has 2 aliphatic rings. The van der Waals surface area contributed by atoms with Crippen molar-refractivity contribution in [2.24, 2.45) is 5.92 Å². The Kier molecular flexibility index (Phi) is 7.24. The van der Waals surface area contributed by atoms with Crippen LogP contribution in [0, 0.1) is 5.92 Å². The van der Waals surface area contributed by atoms with E-state index in [2.05, 4.69) is 22.2 Å². The number of ether oxygens (including phenoxy) is 2. The predicted octanol–water partition coefficient (Wildman–Crippen LogP) is 0.265. The Morgan fingerprint density at radius 2 is 2.05 bits per heavy atom. The summed E-state index contributed by atoms with van der Waals surface area (Å²) >= 11 is 0. The number of hydrogen-bond donors (Lipinski definition) is 1. The van der Waals surface area contributed by atoms with Crippen molar-refractivity contribution in [3.63, 3.8) is 0 Å². The van der Waals surface area contributed by atoms with Crippen molar-refractivity contribution in [3.05, 3.63) is 0 Å². The number of likely N-dealkylation sites (N-methyl/N-ethyl adjacent to an activating group) is 1. The monoisotopic (exact) mass is 285 g/mol. The summed E-state index contributed by atoms with van der Waals surface area (Å²) in [6, 6.07) is 0. The van der Waals surface area contributed by atoms with Crippen molar-refractivity contribution in [1.82, 2.24) is 15.1 Å². The fraction of sp³-hybridized carbons (Fsp3) is 1.00. The average Bonchev–Trinajstić information content (AvgIpc) is 2.45. The SMILES string of the molecule is COCCNCC1CCN(CC2CN(C)CCO2)CC1. The van der Waals surface area contributed by atoms with Crippen LogP contribution in [0.1, 0.15) is 12.8 Å². The maximum absolute atomic E-state index is 5.86. The molecule has 0 aromatic carbocycles. The molecule has 0 radical (unpaired) electrons. The van der Waals surface area contributed by atoms with Gasteiger partial charge in [-0.15, -0.1) is 0 Å². The Labute approximate surface area is 123 Å². The lowest BCUT2D eigenvalue weighted by Gasteiger charge is -2.37. The molecule has 0 aromatic heterocycles. The Bertz CT molecular complexity index is 258. The van der Waals surface area contributed by atoms with Gasteiger partial charge < -0.3 is 24.6 Å². The van der Waals surface area contributed by atoms with Crippen molar-refractivity contribution >= 4 is 0 Å². The molecule has 1 N–H and O–H groups in total. The standard InChI is InChI=1S/C15H31N3O2/c1-17-8-10-20-15(12-17)13-18-6-3-14(4-7-18)11-16-5-9-19-2/h14-16H,3-13H2,1-2H3. The van der Waals surface area contributed by atoms with Gasteiger partial charge in [-0.05, 0) is 45.4 Å². The molecule has 5 nitrogen and oxygen atoms in total. The molecule has 1 atom stereocenters. The topological polar surface area (TPSA) is 37.0 Å². The normalized spacial score (nSPS) is 27.0. The highest BCUT2D eigenvalue weighted by Crippen LogP contribution is 2.17. The van der Waals surface area contributed by atoms with E-state index in [0.717, 1.165) is 51.9 Å². The van der Waals surface area contributed by atoms with Gasteiger partial charge in [0.15, 0.2) is 0 Å². The molecule has 2 fully saturated rings. The first-order valence-electron chi connectivity index (χ1n) is 8.00. The third kappa shape index (κ3) is 5.66. The van der Waals surface area contributed by atoms with Crippen molar-refractivity contribution in [3.8, 4) is 0 Å². The zero-order valence-electron chi connectivity index (χ0n) is 13.1. The van der Waals surface area contributed by atoms with E-state index in [1.54, 1.807) is 7.11 Å². The maximum atomic E-state index is 5.86. The number of likely N-dealkylation sites (tertiary alicyclic amines) is 1. The number of nitrogens with zero attached hydrogens (tertiary/aromatic N) is 2. The summed E-state index contributed by atoms with van der Waals surface area (Å²) < 4.78 is 10.9. The van der Waals surface area contributed by atoms with E-state index in [9.17, 15) is 0 Å². The first-order valence-corrected chi connectivity index (χ1v) is 8.00. The maximum Gasteiger partial charge on any atom is 0.0829 e. The molecule has 2 aliphatic heterocycles. The number of methoxy groups -OCH3 is 1. The van der Waals surface area contributed by atoms with Crippen molar-refractivity contribution in [2.45, 2.75) is 18.9 Å². The molecular formula is C15H31N3O2. The zero-order chi connectivity index (χ0) is 14.2. The lowest BCUT2D eigenvalue weighted by molar-refractivity contribution is -0.0393. The minimum absolute atomic E-state index is 0.408. The Morgan fingerprint density at radius 3 is 2.75 bits per heavy atom. The molecule has 0 aliphatic carbocycles.